The van der Waals surface area contributed by atoms with E-state index in [0.717, 1.165) is 28.3 Å². The fourth-order valence-electron chi connectivity index (χ4n) is 2.79. The molecule has 0 fully saturated rings. The number of pyridine rings is 2. The molecule has 9 nitrogen and oxygen atoms in total. The van der Waals surface area contributed by atoms with Crippen molar-refractivity contribution in [3.63, 3.8) is 0 Å². The van der Waals surface area contributed by atoms with Gasteiger partial charge in [-0.3, -0.25) is 10.3 Å². The Morgan fingerprint density at radius 1 is 1.26 bits per heavy atom. The highest BCUT2D eigenvalue weighted by molar-refractivity contribution is 5.87. The topological polar surface area (TPSA) is 113 Å². The van der Waals surface area contributed by atoms with Crippen molar-refractivity contribution in [2.75, 3.05) is 11.9 Å². The average molecular weight is 362 g/mol. The van der Waals surface area contributed by atoms with Gasteiger partial charge in [-0.1, -0.05) is 6.07 Å². The molecule has 0 unspecified atom stereocenters. The number of fused-ring (bicyclic) bond motifs is 1. The number of amides is 2. The smallest absolute Gasteiger partial charge is 0.321 e. The lowest BCUT2D eigenvalue weighted by Crippen LogP contribution is -2.28. The number of carbonyl (C=O) groups excluding carboxylic acids is 1. The average Bonchev–Trinajstić information content (AvgIpc) is 3.27. The first kappa shape index (κ1) is 16.7. The molecule has 4 aromatic rings. The summed E-state index contributed by atoms with van der Waals surface area (Å²) in [5.41, 5.74) is 4.08. The van der Waals surface area contributed by atoms with Gasteiger partial charge in [-0.05, 0) is 37.6 Å². The molecule has 0 radical (unpaired) electrons. The van der Waals surface area contributed by atoms with Crippen LogP contribution in [-0.4, -0.2) is 42.1 Å². The summed E-state index contributed by atoms with van der Waals surface area (Å²) in [6.07, 6.45) is 5.26. The quantitative estimate of drug-likeness (QED) is 0.516. The minimum atomic E-state index is -0.347. The van der Waals surface area contributed by atoms with E-state index in [1.165, 1.54) is 0 Å². The summed E-state index contributed by atoms with van der Waals surface area (Å²) in [6, 6.07) is 7.40. The van der Waals surface area contributed by atoms with Crippen LogP contribution in [0.3, 0.4) is 0 Å². The molecule has 0 saturated heterocycles. The van der Waals surface area contributed by atoms with E-state index in [9.17, 15) is 4.79 Å². The second-order valence-corrected chi connectivity index (χ2v) is 5.94. The van der Waals surface area contributed by atoms with E-state index in [1.807, 2.05) is 38.1 Å². The summed E-state index contributed by atoms with van der Waals surface area (Å²) in [6.45, 7) is 4.24. The van der Waals surface area contributed by atoms with Crippen LogP contribution in [0.2, 0.25) is 0 Å². The molecular formula is C18H18N8O. The molecule has 0 aliphatic heterocycles. The van der Waals surface area contributed by atoms with Gasteiger partial charge in [-0.15, -0.1) is 5.10 Å². The van der Waals surface area contributed by atoms with Gasteiger partial charge in [0.25, 0.3) is 5.95 Å². The summed E-state index contributed by atoms with van der Waals surface area (Å²) in [5, 5.41) is 9.73. The fraction of sp³-hybridized carbons (Fsp3) is 0.167. The molecule has 0 aliphatic rings. The van der Waals surface area contributed by atoms with E-state index in [-0.39, 0.29) is 12.0 Å². The largest absolute Gasteiger partial charge is 0.341 e. The summed E-state index contributed by atoms with van der Waals surface area (Å²) < 4.78 is 1.67. The van der Waals surface area contributed by atoms with Crippen molar-refractivity contribution >= 4 is 17.6 Å². The van der Waals surface area contributed by atoms with Gasteiger partial charge in [0.15, 0.2) is 5.65 Å². The Hall–Kier alpha value is -3.75. The van der Waals surface area contributed by atoms with Crippen LogP contribution < -0.4 is 10.6 Å². The molecule has 136 valence electrons. The van der Waals surface area contributed by atoms with Crippen molar-refractivity contribution in [2.45, 2.75) is 13.8 Å². The van der Waals surface area contributed by atoms with E-state index in [4.69, 9.17) is 0 Å². The lowest BCUT2D eigenvalue weighted by atomic mass is 10.1. The number of nitrogens with zero attached hydrogens (tertiary/aromatic N) is 5. The Kier molecular flexibility index (Phi) is 4.25. The van der Waals surface area contributed by atoms with Crippen LogP contribution in [0.1, 0.15) is 12.7 Å². The molecule has 0 aromatic carbocycles. The number of nitrogens with one attached hydrogen (secondary N) is 3. The van der Waals surface area contributed by atoms with Crippen molar-refractivity contribution in [3.8, 4) is 22.5 Å². The number of rotatable bonds is 4. The van der Waals surface area contributed by atoms with Crippen molar-refractivity contribution < 1.29 is 4.79 Å². The second kappa shape index (κ2) is 6.87. The van der Waals surface area contributed by atoms with E-state index >= 15 is 0 Å². The number of aromatic amines is 1. The second-order valence-electron chi connectivity index (χ2n) is 5.94. The maximum Gasteiger partial charge on any atom is 0.321 e. The molecule has 9 heteroatoms. The first-order valence-corrected chi connectivity index (χ1v) is 8.52. The maximum atomic E-state index is 11.8. The van der Waals surface area contributed by atoms with Gasteiger partial charge < -0.3 is 10.3 Å². The third-order valence-corrected chi connectivity index (χ3v) is 3.97. The molecule has 0 saturated carbocycles. The summed E-state index contributed by atoms with van der Waals surface area (Å²) in [4.78, 5) is 27.9. The Morgan fingerprint density at radius 2 is 2.15 bits per heavy atom. The van der Waals surface area contributed by atoms with E-state index in [1.54, 1.807) is 23.1 Å². The Labute approximate surface area is 154 Å². The fourth-order valence-corrected chi connectivity index (χ4v) is 2.79. The number of anilines is 1. The number of H-pyrrole nitrogens is 1. The van der Waals surface area contributed by atoms with Gasteiger partial charge in [-0.2, -0.15) is 4.98 Å². The highest BCUT2D eigenvalue weighted by Gasteiger charge is 2.15. The monoisotopic (exact) mass is 362 g/mol. The molecule has 0 bridgehead atoms. The molecule has 0 spiro atoms. The van der Waals surface area contributed by atoms with E-state index < -0.39 is 0 Å². The van der Waals surface area contributed by atoms with E-state index in [2.05, 4.69) is 35.7 Å². The van der Waals surface area contributed by atoms with Crippen LogP contribution in [0, 0.1) is 6.92 Å². The molecule has 2 amide bonds. The van der Waals surface area contributed by atoms with Crippen LogP contribution in [-0.2, 0) is 0 Å². The zero-order valence-electron chi connectivity index (χ0n) is 14.9. The third-order valence-electron chi connectivity index (χ3n) is 3.97. The maximum absolute atomic E-state index is 11.8. The van der Waals surface area contributed by atoms with Crippen LogP contribution in [0.15, 0.2) is 42.9 Å². The molecule has 0 aliphatic carbocycles. The Balaban J connectivity index is 1.86. The summed E-state index contributed by atoms with van der Waals surface area (Å²) >= 11 is 0. The number of hydrogen-bond acceptors (Lipinski definition) is 5. The van der Waals surface area contributed by atoms with Crippen LogP contribution in [0.4, 0.5) is 10.7 Å². The number of urea groups is 1. The van der Waals surface area contributed by atoms with Crippen molar-refractivity contribution in [3.05, 3.63) is 48.7 Å². The Bertz CT molecular complexity index is 1100. The minimum Gasteiger partial charge on any atom is -0.341 e. The molecule has 4 aromatic heterocycles. The predicted octanol–water partition coefficient (Wildman–Crippen LogP) is 2.63. The van der Waals surface area contributed by atoms with Gasteiger partial charge in [-0.25, -0.2) is 14.3 Å². The molecular weight excluding hydrogens is 344 g/mol. The van der Waals surface area contributed by atoms with Crippen molar-refractivity contribution in [1.82, 2.24) is 34.9 Å². The normalized spacial score (nSPS) is 10.9. The van der Waals surface area contributed by atoms with Crippen LogP contribution >= 0.6 is 0 Å². The minimum absolute atomic E-state index is 0.224. The lowest BCUT2D eigenvalue weighted by molar-refractivity contribution is 0.252. The van der Waals surface area contributed by atoms with Gasteiger partial charge in [0, 0.05) is 24.5 Å². The SMILES string of the molecule is CCNC(=O)Nc1nc2cc(-c3cccnc3)cc(-c3cnc(C)[nH]3)n2n1. The zero-order valence-corrected chi connectivity index (χ0v) is 14.9. The highest BCUT2D eigenvalue weighted by Crippen LogP contribution is 2.27. The molecule has 4 heterocycles. The molecule has 27 heavy (non-hydrogen) atoms. The lowest BCUT2D eigenvalue weighted by Gasteiger charge is -2.06. The summed E-state index contributed by atoms with van der Waals surface area (Å²) in [7, 11) is 0. The van der Waals surface area contributed by atoms with Gasteiger partial charge in [0.2, 0.25) is 0 Å². The van der Waals surface area contributed by atoms with Crippen LogP contribution in [0.5, 0.6) is 0 Å². The summed E-state index contributed by atoms with van der Waals surface area (Å²) in [5.74, 6) is 1.02. The van der Waals surface area contributed by atoms with Crippen LogP contribution in [0.25, 0.3) is 28.2 Å². The van der Waals surface area contributed by atoms with Gasteiger partial charge in [0.1, 0.15) is 5.82 Å². The highest BCUT2D eigenvalue weighted by atomic mass is 16.2. The number of hydrogen-bond donors (Lipinski definition) is 3. The molecule has 4 rings (SSSR count). The number of carbonyl (C=O) groups is 1. The van der Waals surface area contributed by atoms with E-state index in [0.29, 0.717) is 12.2 Å². The van der Waals surface area contributed by atoms with Crippen molar-refractivity contribution in [1.29, 1.82) is 0 Å². The van der Waals surface area contributed by atoms with Gasteiger partial charge in [0.05, 0.1) is 17.6 Å². The number of aryl methyl sites for hydroxylation is 1. The Morgan fingerprint density at radius 3 is 2.85 bits per heavy atom. The third kappa shape index (κ3) is 3.34. The van der Waals surface area contributed by atoms with Crippen molar-refractivity contribution in [2.24, 2.45) is 0 Å². The zero-order chi connectivity index (χ0) is 18.8. The van der Waals surface area contributed by atoms with Gasteiger partial charge >= 0.3 is 6.03 Å². The molecule has 3 N–H and O–H groups in total. The molecule has 0 atom stereocenters. The number of imidazole rings is 1. The first-order chi connectivity index (χ1) is 13.1. The first-order valence-electron chi connectivity index (χ1n) is 8.52. The predicted molar refractivity (Wildman–Crippen MR) is 101 cm³/mol. The number of aromatic nitrogens is 6. The standard InChI is InChI=1S/C18H18N8O/c1-3-20-18(27)24-17-23-16-8-13(12-5-4-6-19-9-12)7-15(26(16)25-17)14-10-21-11(2)22-14/h4-10H,3H2,1-2H3,(H,21,22)(H2,20,24,25,27).